The first kappa shape index (κ1) is 26.9. The van der Waals surface area contributed by atoms with Crippen molar-refractivity contribution in [1.29, 1.82) is 0 Å². The predicted octanol–water partition coefficient (Wildman–Crippen LogP) is 3.44. The largest absolute Gasteiger partial charge is 0.483 e. The van der Waals surface area contributed by atoms with Crippen LogP contribution in [0.1, 0.15) is 39.8 Å². The standard InChI is InChI=1S/C28H29N7O2.CH2O2/c1-18-15-21-20(26(29)36)9-5-10-22(21)34(18)28-32-27(31-16-19-7-3-2-4-8-19)24-12-11-23(35(24)33-28)25-17-30-13-6-14-37-25;2-1-3/h2-5,7-12,15,25,30H,6,13-14,16-17H2,1H3,(H2,29,36)(H,31,32,33);1H,(H,2,3). The maximum Gasteiger partial charge on any atom is 0.290 e. The molecule has 0 radical (unpaired) electrons. The fourth-order valence-electron chi connectivity index (χ4n) is 5.00. The van der Waals surface area contributed by atoms with E-state index in [1.807, 2.05) is 58.5 Å². The number of carbonyl (C=O) groups is 2. The quantitative estimate of drug-likeness (QED) is 0.239. The third kappa shape index (κ3) is 5.37. The molecule has 5 aromatic rings. The number of fused-ring (bicyclic) bond motifs is 2. The zero-order chi connectivity index (χ0) is 28.1. The van der Waals surface area contributed by atoms with E-state index in [0.717, 1.165) is 46.3 Å². The second-order valence-electron chi connectivity index (χ2n) is 9.40. The van der Waals surface area contributed by atoms with Gasteiger partial charge in [0.15, 0.2) is 5.82 Å². The van der Waals surface area contributed by atoms with Crippen LogP contribution in [0.25, 0.3) is 22.4 Å². The molecule has 0 bridgehead atoms. The van der Waals surface area contributed by atoms with Gasteiger partial charge >= 0.3 is 0 Å². The Kier molecular flexibility index (Phi) is 8.04. The molecule has 4 heterocycles. The number of carboxylic acid groups (broad SMARTS) is 1. The molecule has 6 rings (SSSR count). The number of benzene rings is 2. The molecule has 1 aliphatic heterocycles. The highest BCUT2D eigenvalue weighted by molar-refractivity contribution is 6.06. The summed E-state index contributed by atoms with van der Waals surface area (Å²) in [5.74, 6) is 0.750. The molecule has 1 atom stereocenters. The lowest BCUT2D eigenvalue weighted by molar-refractivity contribution is -0.122. The lowest BCUT2D eigenvalue weighted by atomic mass is 10.1. The van der Waals surface area contributed by atoms with Crippen LogP contribution in [0, 0.1) is 6.92 Å². The Hall–Kier alpha value is -4.74. The summed E-state index contributed by atoms with van der Waals surface area (Å²) in [4.78, 5) is 25.4. The molecule has 11 heteroatoms. The van der Waals surface area contributed by atoms with Crippen LogP contribution in [0.4, 0.5) is 5.82 Å². The summed E-state index contributed by atoms with van der Waals surface area (Å²) >= 11 is 0. The number of hydrogen-bond acceptors (Lipinski definition) is 7. The smallest absolute Gasteiger partial charge is 0.290 e. The minimum Gasteiger partial charge on any atom is -0.483 e. The zero-order valence-corrected chi connectivity index (χ0v) is 22.1. The van der Waals surface area contributed by atoms with Gasteiger partial charge in [-0.05, 0) is 55.8 Å². The van der Waals surface area contributed by atoms with Crippen LogP contribution in [0.5, 0.6) is 0 Å². The van der Waals surface area contributed by atoms with Crippen molar-refractivity contribution in [2.24, 2.45) is 5.73 Å². The predicted molar refractivity (Wildman–Crippen MR) is 152 cm³/mol. The van der Waals surface area contributed by atoms with Gasteiger partial charge in [-0.1, -0.05) is 36.4 Å². The van der Waals surface area contributed by atoms with Gasteiger partial charge in [-0.2, -0.15) is 4.98 Å². The number of hydrogen-bond donors (Lipinski definition) is 4. The highest BCUT2D eigenvalue weighted by Crippen LogP contribution is 2.29. The number of aryl methyl sites for hydroxylation is 1. The van der Waals surface area contributed by atoms with Crippen LogP contribution in [-0.2, 0) is 16.1 Å². The fourth-order valence-corrected chi connectivity index (χ4v) is 5.00. The summed E-state index contributed by atoms with van der Waals surface area (Å²) in [6.07, 6.45) is 0.847. The lowest BCUT2D eigenvalue weighted by Gasteiger charge is -2.17. The Morgan fingerprint density at radius 2 is 1.98 bits per heavy atom. The van der Waals surface area contributed by atoms with Crippen molar-refractivity contribution in [3.63, 3.8) is 0 Å². The van der Waals surface area contributed by atoms with E-state index in [-0.39, 0.29) is 12.6 Å². The molecule has 1 amide bonds. The van der Waals surface area contributed by atoms with Crippen molar-refractivity contribution >= 4 is 34.6 Å². The van der Waals surface area contributed by atoms with E-state index in [0.29, 0.717) is 37.0 Å². The SMILES string of the molecule is Cc1cc2c(C(N)=O)cccc2n1-c1nc(NCc2ccccc2)c2ccc(C3CNCCCO3)n2n1.O=CO. The highest BCUT2D eigenvalue weighted by atomic mass is 16.5. The van der Waals surface area contributed by atoms with Gasteiger partial charge in [-0.15, -0.1) is 5.10 Å². The number of nitrogens with one attached hydrogen (secondary N) is 2. The number of anilines is 1. The molecule has 40 heavy (non-hydrogen) atoms. The Morgan fingerprint density at radius 3 is 2.75 bits per heavy atom. The summed E-state index contributed by atoms with van der Waals surface area (Å²) in [5.41, 5.74) is 10.8. The van der Waals surface area contributed by atoms with Crippen molar-refractivity contribution in [1.82, 2.24) is 24.5 Å². The minimum absolute atomic E-state index is 0.126. The number of primary amides is 1. The van der Waals surface area contributed by atoms with Gasteiger partial charge in [0.25, 0.3) is 12.4 Å². The van der Waals surface area contributed by atoms with Crippen molar-refractivity contribution in [2.75, 3.05) is 25.0 Å². The summed E-state index contributed by atoms with van der Waals surface area (Å²) in [6, 6.07) is 21.8. The number of ether oxygens (including phenoxy) is 1. The van der Waals surface area contributed by atoms with E-state index in [2.05, 4.69) is 28.8 Å². The Balaban J connectivity index is 0.00000103. The first-order chi connectivity index (χ1) is 19.5. The van der Waals surface area contributed by atoms with Crippen LogP contribution in [0.3, 0.4) is 0 Å². The van der Waals surface area contributed by atoms with E-state index >= 15 is 0 Å². The average Bonchev–Trinajstić information content (AvgIpc) is 3.41. The summed E-state index contributed by atoms with van der Waals surface area (Å²) in [7, 11) is 0. The third-order valence-electron chi connectivity index (χ3n) is 6.80. The van der Waals surface area contributed by atoms with Crippen molar-refractivity contribution in [2.45, 2.75) is 26.0 Å². The molecule has 0 saturated carbocycles. The van der Waals surface area contributed by atoms with E-state index < -0.39 is 5.91 Å². The maximum atomic E-state index is 12.1. The molecule has 5 N–H and O–H groups in total. The Bertz CT molecular complexity index is 1640. The van der Waals surface area contributed by atoms with E-state index in [1.54, 1.807) is 6.07 Å². The average molecular weight is 542 g/mol. The highest BCUT2D eigenvalue weighted by Gasteiger charge is 2.22. The second kappa shape index (κ2) is 12.0. The fraction of sp³-hybridized carbons (Fsp3) is 0.241. The van der Waals surface area contributed by atoms with E-state index in [4.69, 9.17) is 30.5 Å². The maximum absolute atomic E-state index is 12.1. The molecule has 0 spiro atoms. The topological polar surface area (TPSA) is 149 Å². The summed E-state index contributed by atoms with van der Waals surface area (Å²) < 4.78 is 10.1. The van der Waals surface area contributed by atoms with Gasteiger partial charge in [-0.25, -0.2) is 4.52 Å². The molecule has 3 aromatic heterocycles. The van der Waals surface area contributed by atoms with Gasteiger partial charge in [0.05, 0.1) is 11.2 Å². The van der Waals surface area contributed by atoms with Gasteiger partial charge in [0.1, 0.15) is 11.6 Å². The number of carbonyl (C=O) groups excluding carboxylic acids is 1. The van der Waals surface area contributed by atoms with Gasteiger partial charge < -0.3 is 26.2 Å². The summed E-state index contributed by atoms with van der Waals surface area (Å²) in [6.45, 7) is 4.68. The molecule has 1 fully saturated rings. The zero-order valence-electron chi connectivity index (χ0n) is 22.1. The van der Waals surface area contributed by atoms with Crippen LogP contribution < -0.4 is 16.4 Å². The number of amides is 1. The van der Waals surface area contributed by atoms with Crippen LogP contribution >= 0.6 is 0 Å². The molecular weight excluding hydrogens is 510 g/mol. The monoisotopic (exact) mass is 541 g/mol. The molecule has 1 aliphatic rings. The first-order valence-electron chi connectivity index (χ1n) is 13.0. The number of aromatic nitrogens is 4. The van der Waals surface area contributed by atoms with Crippen molar-refractivity contribution in [3.8, 4) is 5.95 Å². The lowest BCUT2D eigenvalue weighted by Crippen LogP contribution is -2.22. The number of nitrogens with two attached hydrogens (primary N) is 1. The van der Waals surface area contributed by atoms with Crippen LogP contribution in [0.15, 0.2) is 66.7 Å². The molecule has 1 unspecified atom stereocenters. The second-order valence-corrected chi connectivity index (χ2v) is 9.40. The molecule has 2 aromatic carbocycles. The molecule has 206 valence electrons. The van der Waals surface area contributed by atoms with Gasteiger partial charge in [-0.3, -0.25) is 14.2 Å². The molecule has 0 aliphatic carbocycles. The minimum atomic E-state index is -0.463. The Labute approximate surface area is 230 Å². The number of nitrogens with zero attached hydrogens (tertiary/aromatic N) is 4. The molecular formula is C29H31N7O4. The molecule has 11 nitrogen and oxygen atoms in total. The molecule has 1 saturated heterocycles. The van der Waals surface area contributed by atoms with Crippen LogP contribution in [0.2, 0.25) is 0 Å². The third-order valence-corrected chi connectivity index (χ3v) is 6.80. The first-order valence-corrected chi connectivity index (χ1v) is 13.0. The van der Waals surface area contributed by atoms with Crippen LogP contribution in [-0.4, -0.2) is 56.3 Å². The normalized spacial score (nSPS) is 15.3. The Morgan fingerprint density at radius 1 is 1.18 bits per heavy atom. The van der Waals surface area contributed by atoms with E-state index in [9.17, 15) is 4.79 Å². The van der Waals surface area contributed by atoms with Gasteiger partial charge in [0, 0.05) is 36.3 Å². The van der Waals surface area contributed by atoms with Crippen molar-refractivity contribution in [3.05, 3.63) is 89.2 Å². The van der Waals surface area contributed by atoms with E-state index in [1.165, 1.54) is 0 Å². The van der Waals surface area contributed by atoms with Crippen molar-refractivity contribution < 1.29 is 19.4 Å². The summed E-state index contributed by atoms with van der Waals surface area (Å²) in [5, 5.41) is 19.6. The number of rotatable bonds is 6. The van der Waals surface area contributed by atoms with Gasteiger partial charge in [0.2, 0.25) is 5.91 Å².